The van der Waals surface area contributed by atoms with Crippen molar-refractivity contribution >= 4 is 11.6 Å². The highest BCUT2D eigenvalue weighted by Gasteiger charge is 2.07. The van der Waals surface area contributed by atoms with Crippen molar-refractivity contribution in [3.05, 3.63) is 59.9 Å². The average Bonchev–Trinajstić information content (AvgIpc) is 2.59. The molecule has 2 rings (SSSR count). The first-order valence-electron chi connectivity index (χ1n) is 7.16. The number of nitrogens with zero attached hydrogens (tertiary/aromatic N) is 2. The first-order chi connectivity index (χ1) is 10.7. The van der Waals surface area contributed by atoms with Crippen LogP contribution in [-0.2, 0) is 0 Å². The largest absolute Gasteiger partial charge is 0.497 e. The van der Waals surface area contributed by atoms with Crippen LogP contribution < -0.4 is 10.2 Å². The number of ether oxygens (including phenoxy) is 1. The second-order valence-electron chi connectivity index (χ2n) is 4.72. The van der Waals surface area contributed by atoms with E-state index in [0.717, 1.165) is 29.9 Å². The molecular weight excluding hydrogens is 278 g/mol. The first-order valence-corrected chi connectivity index (χ1v) is 7.16. The maximum absolute atomic E-state index is 12.0. The number of aromatic nitrogens is 1. The number of carbonyl (C=O) groups excluding carboxylic acids is 1. The fourth-order valence-electron chi connectivity index (χ4n) is 1.96. The highest BCUT2D eigenvalue weighted by molar-refractivity contribution is 6.02. The number of rotatable bonds is 6. The predicted octanol–water partition coefficient (Wildman–Crippen LogP) is 3.02. The van der Waals surface area contributed by atoms with Crippen molar-refractivity contribution in [2.24, 2.45) is 5.10 Å². The lowest BCUT2D eigenvalue weighted by atomic mass is 10.1. The van der Waals surface area contributed by atoms with Crippen LogP contribution in [0.15, 0.2) is 53.9 Å². The van der Waals surface area contributed by atoms with Gasteiger partial charge in [0.15, 0.2) is 0 Å². The van der Waals surface area contributed by atoms with E-state index in [1.165, 1.54) is 6.20 Å². The van der Waals surface area contributed by atoms with Crippen molar-refractivity contribution in [3.8, 4) is 5.75 Å². The minimum Gasteiger partial charge on any atom is -0.497 e. The molecule has 0 saturated carbocycles. The van der Waals surface area contributed by atoms with E-state index in [-0.39, 0.29) is 5.91 Å². The molecule has 2 aromatic rings. The van der Waals surface area contributed by atoms with E-state index >= 15 is 0 Å². The van der Waals surface area contributed by atoms with Gasteiger partial charge in [-0.1, -0.05) is 13.3 Å². The maximum atomic E-state index is 12.0. The van der Waals surface area contributed by atoms with Crippen molar-refractivity contribution in [2.75, 3.05) is 7.11 Å². The van der Waals surface area contributed by atoms with Gasteiger partial charge in [-0.25, -0.2) is 5.43 Å². The Morgan fingerprint density at radius 2 is 2.00 bits per heavy atom. The molecule has 1 amide bonds. The van der Waals surface area contributed by atoms with Crippen molar-refractivity contribution in [2.45, 2.75) is 19.8 Å². The first kappa shape index (κ1) is 15.7. The zero-order chi connectivity index (χ0) is 15.8. The molecule has 0 bridgehead atoms. The van der Waals surface area contributed by atoms with Gasteiger partial charge >= 0.3 is 0 Å². The van der Waals surface area contributed by atoms with Gasteiger partial charge in [-0.2, -0.15) is 5.10 Å². The predicted molar refractivity (Wildman–Crippen MR) is 86.1 cm³/mol. The number of hydrogen-bond acceptors (Lipinski definition) is 4. The molecule has 114 valence electrons. The van der Waals surface area contributed by atoms with Crippen molar-refractivity contribution in [1.29, 1.82) is 0 Å². The van der Waals surface area contributed by atoms with E-state index in [1.54, 1.807) is 25.4 Å². The molecule has 0 saturated heterocycles. The molecular formula is C17H19N3O2. The standard InChI is InChI=1S/C17H19N3O2/c1-3-5-16(13-7-9-15(22-2)10-8-13)19-20-17(21)14-6-4-11-18-12-14/h4,6-12H,3,5H2,1-2H3,(H,20,21)/b19-16+. The van der Waals surface area contributed by atoms with Gasteiger partial charge in [0.05, 0.1) is 18.4 Å². The van der Waals surface area contributed by atoms with Gasteiger partial charge in [-0.3, -0.25) is 9.78 Å². The molecule has 5 heteroatoms. The van der Waals surface area contributed by atoms with Gasteiger partial charge in [-0.15, -0.1) is 0 Å². The zero-order valence-corrected chi connectivity index (χ0v) is 12.7. The summed E-state index contributed by atoms with van der Waals surface area (Å²) in [7, 11) is 1.63. The van der Waals surface area contributed by atoms with Gasteiger partial charge in [0.1, 0.15) is 5.75 Å². The van der Waals surface area contributed by atoms with E-state index in [4.69, 9.17) is 4.74 Å². The van der Waals surface area contributed by atoms with Crippen LogP contribution in [0.5, 0.6) is 5.75 Å². The second kappa shape index (κ2) is 7.93. The highest BCUT2D eigenvalue weighted by atomic mass is 16.5. The van der Waals surface area contributed by atoms with Crippen molar-refractivity contribution in [1.82, 2.24) is 10.4 Å². The van der Waals surface area contributed by atoms with Gasteiger partial charge < -0.3 is 4.74 Å². The molecule has 5 nitrogen and oxygen atoms in total. The van der Waals surface area contributed by atoms with E-state index in [2.05, 4.69) is 22.4 Å². The summed E-state index contributed by atoms with van der Waals surface area (Å²) in [5, 5.41) is 4.26. The van der Waals surface area contributed by atoms with Crippen LogP contribution in [0.25, 0.3) is 0 Å². The molecule has 1 N–H and O–H groups in total. The van der Waals surface area contributed by atoms with Crippen LogP contribution in [0.4, 0.5) is 0 Å². The summed E-state index contributed by atoms with van der Waals surface area (Å²) in [5.74, 6) is 0.522. The van der Waals surface area contributed by atoms with E-state index in [9.17, 15) is 4.79 Å². The lowest BCUT2D eigenvalue weighted by molar-refractivity contribution is 0.0954. The fourth-order valence-corrected chi connectivity index (χ4v) is 1.96. The molecule has 0 aliphatic rings. The number of amides is 1. The molecule has 0 aliphatic carbocycles. The summed E-state index contributed by atoms with van der Waals surface area (Å²) in [5.41, 5.74) is 4.87. The Bertz CT molecular complexity index is 637. The monoisotopic (exact) mass is 297 g/mol. The third kappa shape index (κ3) is 4.15. The van der Waals surface area contributed by atoms with Crippen molar-refractivity contribution in [3.63, 3.8) is 0 Å². The van der Waals surface area contributed by atoms with Crippen LogP contribution in [-0.4, -0.2) is 23.7 Å². The smallest absolute Gasteiger partial charge is 0.272 e. The highest BCUT2D eigenvalue weighted by Crippen LogP contribution is 2.14. The molecule has 0 unspecified atom stereocenters. The number of pyridine rings is 1. The molecule has 0 radical (unpaired) electrons. The van der Waals surface area contributed by atoms with E-state index in [1.807, 2.05) is 24.3 Å². The zero-order valence-electron chi connectivity index (χ0n) is 12.7. The summed E-state index contributed by atoms with van der Waals surface area (Å²) in [6, 6.07) is 11.0. The molecule has 22 heavy (non-hydrogen) atoms. The number of carbonyl (C=O) groups is 1. The quantitative estimate of drug-likeness (QED) is 0.658. The van der Waals surface area contributed by atoms with Gasteiger partial charge in [0.25, 0.3) is 5.91 Å². The Hall–Kier alpha value is -2.69. The lowest BCUT2D eigenvalue weighted by Crippen LogP contribution is -2.20. The number of hydrazone groups is 1. The Labute approximate surface area is 130 Å². The SMILES string of the molecule is CCC/C(=N\NC(=O)c1cccnc1)c1ccc(OC)cc1. The minimum atomic E-state index is -0.268. The van der Waals surface area contributed by atoms with Gasteiger partial charge in [0, 0.05) is 12.4 Å². The minimum absolute atomic E-state index is 0.268. The lowest BCUT2D eigenvalue weighted by Gasteiger charge is -2.07. The van der Waals surface area contributed by atoms with Gasteiger partial charge in [0.2, 0.25) is 0 Å². The Morgan fingerprint density at radius 3 is 2.59 bits per heavy atom. The third-order valence-electron chi connectivity index (χ3n) is 3.13. The van der Waals surface area contributed by atoms with Crippen LogP contribution in [0.1, 0.15) is 35.7 Å². The summed E-state index contributed by atoms with van der Waals surface area (Å²) in [6.45, 7) is 2.07. The third-order valence-corrected chi connectivity index (χ3v) is 3.13. The van der Waals surface area contributed by atoms with Crippen LogP contribution in [0, 0.1) is 0 Å². The summed E-state index contributed by atoms with van der Waals surface area (Å²) in [4.78, 5) is 15.9. The second-order valence-corrected chi connectivity index (χ2v) is 4.72. The summed E-state index contributed by atoms with van der Waals surface area (Å²) >= 11 is 0. The fraction of sp³-hybridized carbons (Fsp3) is 0.235. The van der Waals surface area contributed by atoms with Crippen LogP contribution in [0.3, 0.4) is 0 Å². The van der Waals surface area contributed by atoms with Crippen molar-refractivity contribution < 1.29 is 9.53 Å². The van der Waals surface area contributed by atoms with Crippen LogP contribution >= 0.6 is 0 Å². The normalized spacial score (nSPS) is 11.1. The Balaban J connectivity index is 2.14. The number of nitrogens with one attached hydrogen (secondary N) is 1. The Morgan fingerprint density at radius 1 is 1.23 bits per heavy atom. The average molecular weight is 297 g/mol. The molecule has 0 spiro atoms. The molecule has 0 atom stereocenters. The maximum Gasteiger partial charge on any atom is 0.272 e. The molecule has 0 fully saturated rings. The molecule has 1 aromatic carbocycles. The number of hydrogen-bond donors (Lipinski definition) is 1. The molecule has 0 aliphatic heterocycles. The van der Waals surface area contributed by atoms with E-state index < -0.39 is 0 Å². The van der Waals surface area contributed by atoms with Gasteiger partial charge in [-0.05, 0) is 48.4 Å². The van der Waals surface area contributed by atoms with E-state index in [0.29, 0.717) is 5.56 Å². The molecule has 1 heterocycles. The molecule has 1 aromatic heterocycles. The topological polar surface area (TPSA) is 63.6 Å². The van der Waals surface area contributed by atoms with Crippen LogP contribution in [0.2, 0.25) is 0 Å². The Kier molecular flexibility index (Phi) is 5.65. The number of methoxy groups -OCH3 is 1. The summed E-state index contributed by atoms with van der Waals surface area (Å²) < 4.78 is 5.15. The summed E-state index contributed by atoms with van der Waals surface area (Å²) in [6.07, 6.45) is 4.85. The number of benzene rings is 1.